The molecular formula is C7H5FINO2. The van der Waals surface area contributed by atoms with Crippen LogP contribution in [0, 0.1) is 9.39 Å². The number of nitrogen functional groups attached to an aromatic ring is 1. The van der Waals surface area contributed by atoms with Crippen LogP contribution in [0.5, 0.6) is 0 Å². The van der Waals surface area contributed by atoms with Crippen molar-refractivity contribution in [3.8, 4) is 0 Å². The fourth-order valence-electron chi connectivity index (χ4n) is 0.797. The van der Waals surface area contributed by atoms with Crippen LogP contribution in [0.4, 0.5) is 10.1 Å². The fraction of sp³-hybridized carbons (Fsp3) is 0. The molecule has 64 valence electrons. The molecule has 1 rings (SSSR count). The summed E-state index contributed by atoms with van der Waals surface area (Å²) in [7, 11) is 0. The first kappa shape index (κ1) is 9.24. The van der Waals surface area contributed by atoms with Crippen LogP contribution in [0.2, 0.25) is 0 Å². The second-order valence-corrected chi connectivity index (χ2v) is 3.33. The number of hydrogen-bond donors (Lipinski definition) is 2. The van der Waals surface area contributed by atoms with E-state index in [2.05, 4.69) is 0 Å². The Hall–Kier alpha value is -0.850. The van der Waals surface area contributed by atoms with E-state index < -0.39 is 11.8 Å². The lowest BCUT2D eigenvalue weighted by atomic mass is 10.2. The van der Waals surface area contributed by atoms with Crippen molar-refractivity contribution in [3.05, 3.63) is 27.1 Å². The van der Waals surface area contributed by atoms with E-state index in [1.165, 1.54) is 6.07 Å². The zero-order valence-corrected chi connectivity index (χ0v) is 8.00. The zero-order valence-electron chi connectivity index (χ0n) is 5.84. The van der Waals surface area contributed by atoms with Crippen molar-refractivity contribution in [2.75, 3.05) is 5.73 Å². The maximum atomic E-state index is 12.9. The number of carboxylic acid groups (broad SMARTS) is 1. The third-order valence-corrected chi connectivity index (χ3v) is 2.13. The molecule has 0 amide bonds. The number of nitrogens with two attached hydrogens (primary N) is 1. The fourth-order valence-corrected chi connectivity index (χ4v) is 1.64. The Kier molecular flexibility index (Phi) is 2.51. The predicted octanol–water partition coefficient (Wildman–Crippen LogP) is 1.71. The van der Waals surface area contributed by atoms with Crippen LogP contribution >= 0.6 is 22.6 Å². The molecule has 0 bridgehead atoms. The highest BCUT2D eigenvalue weighted by Gasteiger charge is 2.14. The second kappa shape index (κ2) is 3.26. The summed E-state index contributed by atoms with van der Waals surface area (Å²) in [6.45, 7) is 0. The highest BCUT2D eigenvalue weighted by Crippen LogP contribution is 2.19. The highest BCUT2D eigenvalue weighted by molar-refractivity contribution is 14.1. The summed E-state index contributed by atoms with van der Waals surface area (Å²) in [6, 6.07) is 2.40. The lowest BCUT2D eigenvalue weighted by Gasteiger charge is -2.01. The van der Waals surface area contributed by atoms with Crippen LogP contribution in [-0.2, 0) is 0 Å². The van der Waals surface area contributed by atoms with Gasteiger partial charge in [0.05, 0.1) is 0 Å². The van der Waals surface area contributed by atoms with E-state index in [9.17, 15) is 9.18 Å². The van der Waals surface area contributed by atoms with E-state index in [1.54, 1.807) is 22.6 Å². The topological polar surface area (TPSA) is 63.3 Å². The van der Waals surface area contributed by atoms with E-state index in [0.717, 1.165) is 6.07 Å². The van der Waals surface area contributed by atoms with Gasteiger partial charge in [-0.1, -0.05) is 0 Å². The van der Waals surface area contributed by atoms with Gasteiger partial charge in [0.1, 0.15) is 11.4 Å². The summed E-state index contributed by atoms with van der Waals surface area (Å²) in [6.07, 6.45) is 0. The number of carbonyl (C=O) groups is 1. The molecule has 3 N–H and O–H groups in total. The molecule has 0 aliphatic rings. The molecule has 0 aliphatic heterocycles. The Bertz CT molecular complexity index is 317. The van der Waals surface area contributed by atoms with Crippen molar-refractivity contribution in [1.29, 1.82) is 0 Å². The number of anilines is 1. The van der Waals surface area contributed by atoms with Crippen LogP contribution in [0.3, 0.4) is 0 Å². The van der Waals surface area contributed by atoms with Crippen molar-refractivity contribution in [3.63, 3.8) is 0 Å². The summed E-state index contributed by atoms with van der Waals surface area (Å²) in [5, 5.41) is 8.55. The van der Waals surface area contributed by atoms with Gasteiger partial charge in [0.15, 0.2) is 0 Å². The molecule has 0 aliphatic carbocycles. The van der Waals surface area contributed by atoms with Crippen LogP contribution < -0.4 is 5.73 Å². The first-order chi connectivity index (χ1) is 5.52. The van der Waals surface area contributed by atoms with Crippen LogP contribution in [-0.4, -0.2) is 11.1 Å². The summed E-state index contributed by atoms with van der Waals surface area (Å²) in [5.41, 5.74) is 5.19. The zero-order chi connectivity index (χ0) is 9.30. The molecule has 0 aromatic heterocycles. The molecule has 0 fully saturated rings. The molecule has 0 saturated heterocycles. The third-order valence-electron chi connectivity index (χ3n) is 1.28. The summed E-state index contributed by atoms with van der Waals surface area (Å²) in [4.78, 5) is 10.5. The lowest BCUT2D eigenvalue weighted by molar-refractivity contribution is 0.0690. The molecule has 5 heteroatoms. The summed E-state index contributed by atoms with van der Waals surface area (Å²) < 4.78 is 13.2. The predicted molar refractivity (Wildman–Crippen MR) is 50.5 cm³/mol. The number of rotatable bonds is 1. The molecule has 0 atom stereocenters. The molecule has 0 spiro atoms. The molecule has 0 radical (unpaired) electrons. The van der Waals surface area contributed by atoms with E-state index >= 15 is 0 Å². The first-order valence-electron chi connectivity index (χ1n) is 3.00. The Morgan fingerprint density at radius 2 is 2.17 bits per heavy atom. The lowest BCUT2D eigenvalue weighted by Crippen LogP contribution is -2.04. The Morgan fingerprint density at radius 3 is 2.58 bits per heavy atom. The minimum Gasteiger partial charge on any atom is -0.478 e. The molecule has 1 aromatic rings. The van der Waals surface area contributed by atoms with Gasteiger partial charge in [0.25, 0.3) is 0 Å². The highest BCUT2D eigenvalue weighted by atomic mass is 127. The van der Waals surface area contributed by atoms with Crippen molar-refractivity contribution < 1.29 is 14.3 Å². The minimum absolute atomic E-state index is 0.224. The second-order valence-electron chi connectivity index (χ2n) is 2.16. The maximum Gasteiger partial charge on any atom is 0.339 e. The Labute approximate surface area is 81.5 Å². The molecule has 0 saturated carbocycles. The van der Waals surface area contributed by atoms with Gasteiger partial charge in [-0.2, -0.15) is 0 Å². The first-order valence-corrected chi connectivity index (χ1v) is 4.08. The van der Waals surface area contributed by atoms with E-state index in [4.69, 9.17) is 10.8 Å². The number of benzene rings is 1. The van der Waals surface area contributed by atoms with Crippen molar-refractivity contribution in [1.82, 2.24) is 0 Å². The quantitative estimate of drug-likeness (QED) is 0.608. The monoisotopic (exact) mass is 281 g/mol. The van der Waals surface area contributed by atoms with Gasteiger partial charge >= 0.3 is 5.97 Å². The van der Waals surface area contributed by atoms with Gasteiger partial charge in [-0.15, -0.1) is 0 Å². The molecular weight excluding hydrogens is 276 g/mol. The standard InChI is InChI=1S/C7H5FINO2/c8-4-1-3(10)2-5(9)6(4)7(11)12/h1-2H,10H2,(H,11,12). The Balaban J connectivity index is 3.38. The summed E-state index contributed by atoms with van der Waals surface area (Å²) in [5.74, 6) is -2.08. The van der Waals surface area contributed by atoms with Gasteiger partial charge in [0, 0.05) is 9.26 Å². The van der Waals surface area contributed by atoms with Crippen molar-refractivity contribution in [2.45, 2.75) is 0 Å². The van der Waals surface area contributed by atoms with Crippen molar-refractivity contribution in [2.24, 2.45) is 0 Å². The SMILES string of the molecule is Nc1cc(F)c(C(=O)O)c(I)c1. The number of aromatic carboxylic acids is 1. The number of halogens is 2. The smallest absolute Gasteiger partial charge is 0.339 e. The third kappa shape index (κ3) is 1.66. The average molecular weight is 281 g/mol. The summed E-state index contributed by atoms with van der Waals surface area (Å²) >= 11 is 1.73. The average Bonchev–Trinajstić information content (AvgIpc) is 1.82. The largest absolute Gasteiger partial charge is 0.478 e. The van der Waals surface area contributed by atoms with E-state index in [0.29, 0.717) is 3.57 Å². The minimum atomic E-state index is -1.28. The molecule has 1 aromatic carbocycles. The van der Waals surface area contributed by atoms with Gasteiger partial charge in [0.2, 0.25) is 0 Å². The Morgan fingerprint density at radius 1 is 1.58 bits per heavy atom. The van der Waals surface area contributed by atoms with Gasteiger partial charge in [-0.05, 0) is 34.7 Å². The molecule has 0 heterocycles. The number of hydrogen-bond acceptors (Lipinski definition) is 2. The van der Waals surface area contributed by atoms with E-state index in [1.807, 2.05) is 0 Å². The molecule has 12 heavy (non-hydrogen) atoms. The number of carboxylic acids is 1. The van der Waals surface area contributed by atoms with E-state index in [-0.39, 0.29) is 11.3 Å². The van der Waals surface area contributed by atoms with Crippen molar-refractivity contribution >= 4 is 34.2 Å². The van der Waals surface area contributed by atoms with Crippen LogP contribution in [0.15, 0.2) is 12.1 Å². The normalized spacial score (nSPS) is 9.83. The van der Waals surface area contributed by atoms with Gasteiger partial charge in [-0.3, -0.25) is 0 Å². The van der Waals surface area contributed by atoms with Crippen LogP contribution in [0.1, 0.15) is 10.4 Å². The molecule has 0 unspecified atom stereocenters. The van der Waals surface area contributed by atoms with Gasteiger partial charge < -0.3 is 10.8 Å². The van der Waals surface area contributed by atoms with Gasteiger partial charge in [-0.25, -0.2) is 9.18 Å². The molecule has 3 nitrogen and oxygen atoms in total. The van der Waals surface area contributed by atoms with Crippen LogP contribution in [0.25, 0.3) is 0 Å². The maximum absolute atomic E-state index is 12.9.